The van der Waals surface area contributed by atoms with E-state index < -0.39 is 18.1 Å². The maximum absolute atomic E-state index is 13.2. The largest absolute Gasteiger partial charge is 0.464 e. The van der Waals surface area contributed by atoms with Crippen LogP contribution in [0.1, 0.15) is 48.3 Å². The van der Waals surface area contributed by atoms with Crippen LogP contribution in [-0.4, -0.2) is 12.1 Å². The Morgan fingerprint density at radius 1 is 1.28 bits per heavy atom. The normalized spacial score (nSPS) is 21.5. The van der Waals surface area contributed by atoms with E-state index in [0.29, 0.717) is 23.4 Å². The molecule has 3 rings (SSSR count). The molecule has 0 saturated heterocycles. The zero-order valence-electron chi connectivity index (χ0n) is 13.8. The second-order valence-electron chi connectivity index (χ2n) is 6.32. The van der Waals surface area contributed by atoms with Crippen molar-refractivity contribution in [1.29, 1.82) is 0 Å². The predicted octanol–water partition coefficient (Wildman–Crippen LogP) is 4.74. The Bertz CT molecular complexity index is 788. The fourth-order valence-corrected chi connectivity index (χ4v) is 2.65. The van der Waals surface area contributed by atoms with Crippen LogP contribution in [0.25, 0.3) is 6.08 Å². The van der Waals surface area contributed by atoms with Crippen molar-refractivity contribution in [2.45, 2.75) is 38.4 Å². The van der Waals surface area contributed by atoms with E-state index in [4.69, 9.17) is 8.83 Å². The zero-order chi connectivity index (χ0) is 18.2. The number of rotatable bonds is 5. The van der Waals surface area contributed by atoms with Gasteiger partial charge in [-0.2, -0.15) is 13.2 Å². The molecular formula is C18H18F3NO3. The Morgan fingerprint density at radius 3 is 2.56 bits per heavy atom. The third-order valence-corrected chi connectivity index (χ3v) is 4.18. The van der Waals surface area contributed by atoms with E-state index >= 15 is 0 Å². The topological polar surface area (TPSA) is 55.4 Å². The molecule has 0 radical (unpaired) electrons. The Hall–Kier alpha value is -2.44. The van der Waals surface area contributed by atoms with Crippen molar-refractivity contribution in [1.82, 2.24) is 5.32 Å². The van der Waals surface area contributed by atoms with Gasteiger partial charge in [-0.3, -0.25) is 4.79 Å². The molecule has 0 bridgehead atoms. The van der Waals surface area contributed by atoms with Gasteiger partial charge in [-0.15, -0.1) is 0 Å². The van der Waals surface area contributed by atoms with Crippen LogP contribution in [0.3, 0.4) is 0 Å². The van der Waals surface area contributed by atoms with E-state index in [1.165, 1.54) is 25.1 Å². The molecule has 2 aromatic heterocycles. The molecule has 3 unspecified atom stereocenters. The molecule has 1 amide bonds. The zero-order valence-corrected chi connectivity index (χ0v) is 13.8. The molecule has 1 N–H and O–H groups in total. The van der Waals surface area contributed by atoms with Crippen LogP contribution in [0.4, 0.5) is 13.2 Å². The number of hydrogen-bond acceptors (Lipinski definition) is 3. The molecule has 4 nitrogen and oxygen atoms in total. The fraction of sp³-hybridized carbons (Fsp3) is 0.389. The van der Waals surface area contributed by atoms with Crippen molar-refractivity contribution in [3.8, 4) is 0 Å². The second-order valence-corrected chi connectivity index (χ2v) is 6.32. The van der Waals surface area contributed by atoms with Gasteiger partial charge >= 0.3 is 6.18 Å². The molecule has 1 aliphatic rings. The summed E-state index contributed by atoms with van der Waals surface area (Å²) in [5.74, 6) is 1.35. The van der Waals surface area contributed by atoms with Crippen molar-refractivity contribution in [3.63, 3.8) is 0 Å². The third-order valence-electron chi connectivity index (χ3n) is 4.18. The fourth-order valence-electron chi connectivity index (χ4n) is 2.65. The van der Waals surface area contributed by atoms with Crippen LogP contribution in [0, 0.1) is 12.8 Å². The van der Waals surface area contributed by atoms with Gasteiger partial charge < -0.3 is 14.2 Å². The maximum atomic E-state index is 13.2. The highest BCUT2D eigenvalue weighted by molar-refractivity contribution is 5.91. The summed E-state index contributed by atoms with van der Waals surface area (Å²) in [6.07, 6.45) is -1.22. The number of carbonyl (C=O) groups is 1. The Kier molecular flexibility index (Phi) is 4.49. The lowest BCUT2D eigenvalue weighted by atomic mass is 10.2. The third kappa shape index (κ3) is 4.15. The minimum Gasteiger partial charge on any atom is -0.464 e. The summed E-state index contributed by atoms with van der Waals surface area (Å²) in [6, 6.07) is 3.95. The van der Waals surface area contributed by atoms with Crippen LogP contribution in [-0.2, 0) is 4.79 Å². The summed E-state index contributed by atoms with van der Waals surface area (Å²) in [7, 11) is 0. The molecular weight excluding hydrogens is 335 g/mol. The average Bonchev–Trinajstić information content (AvgIpc) is 2.93. The Morgan fingerprint density at radius 2 is 2.00 bits per heavy atom. The molecule has 1 saturated carbocycles. The van der Waals surface area contributed by atoms with Crippen LogP contribution in [0.15, 0.2) is 39.2 Å². The van der Waals surface area contributed by atoms with E-state index in [1.54, 1.807) is 6.07 Å². The Balaban J connectivity index is 1.66. The number of aryl methyl sites for hydroxylation is 1. The summed E-state index contributed by atoms with van der Waals surface area (Å²) in [5, 5.41) is 1.92. The predicted molar refractivity (Wildman–Crippen MR) is 84.6 cm³/mol. The molecule has 25 heavy (non-hydrogen) atoms. The number of hydrogen-bond donors (Lipinski definition) is 1. The Labute approximate surface area is 142 Å². The monoisotopic (exact) mass is 353 g/mol. The summed E-state index contributed by atoms with van der Waals surface area (Å²) in [5.41, 5.74) is 0. The van der Waals surface area contributed by atoms with Crippen molar-refractivity contribution in [2.75, 3.05) is 0 Å². The van der Waals surface area contributed by atoms with Gasteiger partial charge in [-0.1, -0.05) is 6.92 Å². The SMILES string of the molecule is Cc1ccc(C(NC(=O)/C=C/c2ccc(C3CC3C)o2)C(F)(F)F)o1. The van der Waals surface area contributed by atoms with Gasteiger partial charge in [0.25, 0.3) is 0 Å². The number of carbonyl (C=O) groups excluding carboxylic acids is 1. The highest BCUT2D eigenvalue weighted by Crippen LogP contribution is 2.47. The van der Waals surface area contributed by atoms with E-state index in [9.17, 15) is 18.0 Å². The highest BCUT2D eigenvalue weighted by Gasteiger charge is 2.43. The first kappa shape index (κ1) is 17.4. The van der Waals surface area contributed by atoms with E-state index in [0.717, 1.165) is 18.3 Å². The molecule has 2 aromatic rings. The van der Waals surface area contributed by atoms with Gasteiger partial charge in [0, 0.05) is 12.0 Å². The molecule has 1 fully saturated rings. The maximum Gasteiger partial charge on any atom is 0.415 e. The smallest absolute Gasteiger partial charge is 0.415 e. The molecule has 1 aliphatic carbocycles. The van der Waals surface area contributed by atoms with Crippen molar-refractivity contribution < 1.29 is 26.8 Å². The summed E-state index contributed by atoms with van der Waals surface area (Å²) in [6.45, 7) is 3.65. The van der Waals surface area contributed by atoms with Crippen molar-refractivity contribution in [3.05, 3.63) is 53.4 Å². The van der Waals surface area contributed by atoms with Crippen molar-refractivity contribution in [2.24, 2.45) is 5.92 Å². The van der Waals surface area contributed by atoms with Gasteiger partial charge in [0.1, 0.15) is 23.0 Å². The number of amides is 1. The quantitative estimate of drug-likeness (QED) is 0.790. The molecule has 0 spiro atoms. The van der Waals surface area contributed by atoms with Gasteiger partial charge in [-0.05, 0) is 49.6 Å². The number of alkyl halides is 3. The van der Waals surface area contributed by atoms with E-state index in [1.807, 2.05) is 11.4 Å². The summed E-state index contributed by atoms with van der Waals surface area (Å²) in [4.78, 5) is 11.9. The van der Waals surface area contributed by atoms with Crippen molar-refractivity contribution >= 4 is 12.0 Å². The molecule has 0 aromatic carbocycles. The minimum absolute atomic E-state index is 0.339. The molecule has 134 valence electrons. The number of halogens is 3. The van der Waals surface area contributed by atoms with Crippen LogP contribution in [0.2, 0.25) is 0 Å². The average molecular weight is 353 g/mol. The lowest BCUT2D eigenvalue weighted by Gasteiger charge is -2.18. The first-order chi connectivity index (χ1) is 11.7. The van der Waals surface area contributed by atoms with Gasteiger partial charge in [0.05, 0.1) is 0 Å². The standard InChI is InChI=1S/C18H18F3NO3/c1-10-9-13(10)14-7-4-12(25-14)5-8-16(23)22-17(18(19,20)21)15-6-3-11(2)24-15/h3-8,10,13,17H,9H2,1-2H3,(H,22,23)/b8-5+. The van der Waals surface area contributed by atoms with Crippen LogP contribution < -0.4 is 5.32 Å². The lowest BCUT2D eigenvalue weighted by Crippen LogP contribution is -2.37. The lowest BCUT2D eigenvalue weighted by molar-refractivity contribution is -0.165. The molecule has 2 heterocycles. The number of furan rings is 2. The summed E-state index contributed by atoms with van der Waals surface area (Å²) >= 11 is 0. The van der Waals surface area contributed by atoms with Crippen LogP contribution in [0.5, 0.6) is 0 Å². The molecule has 7 heteroatoms. The number of nitrogens with one attached hydrogen (secondary N) is 1. The first-order valence-corrected chi connectivity index (χ1v) is 7.95. The molecule has 0 aliphatic heterocycles. The summed E-state index contributed by atoms with van der Waals surface area (Å²) < 4.78 is 50.1. The second kappa shape index (κ2) is 6.46. The minimum atomic E-state index is -4.66. The highest BCUT2D eigenvalue weighted by atomic mass is 19.4. The van der Waals surface area contributed by atoms with Gasteiger partial charge in [0.15, 0.2) is 6.04 Å². The van der Waals surface area contributed by atoms with E-state index in [-0.39, 0.29) is 5.76 Å². The van der Waals surface area contributed by atoms with Gasteiger partial charge in [-0.25, -0.2) is 0 Å². The van der Waals surface area contributed by atoms with Crippen LogP contribution >= 0.6 is 0 Å². The molecule has 3 atom stereocenters. The van der Waals surface area contributed by atoms with E-state index in [2.05, 4.69) is 6.92 Å². The van der Waals surface area contributed by atoms with Gasteiger partial charge in [0.2, 0.25) is 5.91 Å². The first-order valence-electron chi connectivity index (χ1n) is 7.95.